The Morgan fingerprint density at radius 2 is 2.04 bits per heavy atom. The lowest BCUT2D eigenvalue weighted by Gasteiger charge is -2.23. The molecule has 1 aliphatic carbocycles. The fraction of sp³-hybridized carbons (Fsp3) is 0.565. The Balaban J connectivity index is 2.49. The van der Waals surface area contributed by atoms with Crippen LogP contribution in [0.1, 0.15) is 64.7 Å². The minimum atomic E-state index is -0.877. The van der Waals surface area contributed by atoms with Gasteiger partial charge in [0.25, 0.3) is 0 Å². The fourth-order valence-electron chi connectivity index (χ4n) is 3.25. The molecule has 0 saturated carbocycles. The van der Waals surface area contributed by atoms with Crippen LogP contribution in [0.5, 0.6) is 0 Å². The van der Waals surface area contributed by atoms with Gasteiger partial charge in [-0.25, -0.2) is 0 Å². The van der Waals surface area contributed by atoms with Crippen LogP contribution < -0.4 is 0 Å². The van der Waals surface area contributed by atoms with E-state index in [1.165, 1.54) is 0 Å². The van der Waals surface area contributed by atoms with Crippen LogP contribution >= 0.6 is 0 Å². The summed E-state index contributed by atoms with van der Waals surface area (Å²) in [5.41, 5.74) is -0.877. The molecule has 0 bridgehead atoms. The molecule has 0 aromatic rings. The lowest BCUT2D eigenvalue weighted by Crippen LogP contribution is -2.24. The Hall–Kier alpha value is -1.94. The van der Waals surface area contributed by atoms with Gasteiger partial charge < -0.3 is 10.2 Å². The number of carboxylic acids is 1. The minimum absolute atomic E-state index is 0.0471. The monoisotopic (exact) mass is 374 g/mol. The fourth-order valence-corrected chi connectivity index (χ4v) is 3.25. The van der Waals surface area contributed by atoms with Crippen molar-refractivity contribution < 1.29 is 19.8 Å². The second kappa shape index (κ2) is 12.4. The van der Waals surface area contributed by atoms with Gasteiger partial charge in [0.2, 0.25) is 0 Å². The Kier molecular flexibility index (Phi) is 10.6. The molecule has 0 spiro atoms. The van der Waals surface area contributed by atoms with Gasteiger partial charge in [-0.05, 0) is 38.2 Å². The number of aliphatic hydroxyl groups is 1. The van der Waals surface area contributed by atoms with E-state index < -0.39 is 11.6 Å². The molecule has 1 rings (SSSR count). The van der Waals surface area contributed by atoms with E-state index in [0.29, 0.717) is 32.1 Å². The number of unbranched alkanes of at least 4 members (excludes halogenated alkanes) is 3. The van der Waals surface area contributed by atoms with E-state index in [1.54, 1.807) is 12.2 Å². The van der Waals surface area contributed by atoms with Crippen LogP contribution in [-0.4, -0.2) is 27.6 Å². The van der Waals surface area contributed by atoms with Crippen LogP contribution in [0.25, 0.3) is 0 Å². The zero-order valence-electron chi connectivity index (χ0n) is 16.5. The molecule has 1 unspecified atom stereocenters. The molecule has 27 heavy (non-hydrogen) atoms. The zero-order chi connectivity index (χ0) is 20.1. The topological polar surface area (TPSA) is 74.6 Å². The predicted molar refractivity (Wildman–Crippen MR) is 109 cm³/mol. The lowest BCUT2D eigenvalue weighted by molar-refractivity contribution is -0.137. The Bertz CT molecular complexity index is 573. The van der Waals surface area contributed by atoms with Gasteiger partial charge in [0.1, 0.15) is 0 Å². The standard InChI is InChI=1S/C23H34O4/c1-3-5-10-17-23(27,4-2)18-11-12-19-15-16-21(24)20(19)13-8-6-7-9-14-22(25)26/h4,6,8,11-12,15-16,19-20,27H,2-3,5,7,9-10,13-14,17-18H2,1H3,(H,25,26)/b8-6-,12-11?/t19-,20+,23?/m0/s1. The second-order valence-electron chi connectivity index (χ2n) is 7.34. The van der Waals surface area contributed by atoms with E-state index in [9.17, 15) is 14.7 Å². The number of ketones is 1. The highest BCUT2D eigenvalue weighted by atomic mass is 16.4. The molecular formula is C23H34O4. The third-order valence-corrected chi connectivity index (χ3v) is 5.05. The van der Waals surface area contributed by atoms with Crippen LogP contribution in [0, 0.1) is 11.8 Å². The van der Waals surface area contributed by atoms with Gasteiger partial charge in [-0.3, -0.25) is 9.59 Å². The first kappa shape index (κ1) is 23.1. The van der Waals surface area contributed by atoms with Crippen molar-refractivity contribution in [1.29, 1.82) is 0 Å². The van der Waals surface area contributed by atoms with Crippen LogP contribution in [0.4, 0.5) is 0 Å². The highest BCUT2D eigenvalue weighted by Crippen LogP contribution is 2.28. The average molecular weight is 375 g/mol. The van der Waals surface area contributed by atoms with Crippen LogP contribution in [0.2, 0.25) is 0 Å². The summed E-state index contributed by atoms with van der Waals surface area (Å²) in [6, 6.07) is 0. The second-order valence-corrected chi connectivity index (χ2v) is 7.34. The number of hydrogen-bond donors (Lipinski definition) is 2. The van der Waals surface area contributed by atoms with Crippen molar-refractivity contribution in [3.05, 3.63) is 49.1 Å². The summed E-state index contributed by atoms with van der Waals surface area (Å²) < 4.78 is 0. The number of hydrogen-bond acceptors (Lipinski definition) is 3. The van der Waals surface area contributed by atoms with Crippen molar-refractivity contribution in [3.63, 3.8) is 0 Å². The van der Waals surface area contributed by atoms with E-state index in [0.717, 1.165) is 19.3 Å². The molecule has 0 heterocycles. The first-order chi connectivity index (χ1) is 12.9. The molecule has 0 radical (unpaired) electrons. The van der Waals surface area contributed by atoms with Crippen molar-refractivity contribution in [3.8, 4) is 0 Å². The molecule has 0 aromatic carbocycles. The number of rotatable bonds is 14. The number of carboxylic acid groups (broad SMARTS) is 1. The normalized spacial score (nSPS) is 21.9. The molecule has 2 N–H and O–H groups in total. The minimum Gasteiger partial charge on any atom is -0.481 e. The van der Waals surface area contributed by atoms with Gasteiger partial charge in [0.05, 0.1) is 5.60 Å². The highest BCUT2D eigenvalue weighted by Gasteiger charge is 2.27. The summed E-state index contributed by atoms with van der Waals surface area (Å²) in [6.07, 6.45) is 19.6. The number of aliphatic carboxylic acids is 1. The Labute approximate surface area is 163 Å². The summed E-state index contributed by atoms with van der Waals surface area (Å²) >= 11 is 0. The summed E-state index contributed by atoms with van der Waals surface area (Å²) in [6.45, 7) is 5.90. The highest BCUT2D eigenvalue weighted by molar-refractivity contribution is 5.95. The molecule has 4 nitrogen and oxygen atoms in total. The van der Waals surface area contributed by atoms with E-state index in [-0.39, 0.29) is 24.0 Å². The molecular weight excluding hydrogens is 340 g/mol. The largest absolute Gasteiger partial charge is 0.481 e. The smallest absolute Gasteiger partial charge is 0.303 e. The molecule has 0 fully saturated rings. The van der Waals surface area contributed by atoms with Crippen molar-refractivity contribution in [2.75, 3.05) is 0 Å². The molecule has 0 aliphatic heterocycles. The Morgan fingerprint density at radius 3 is 2.70 bits per heavy atom. The van der Waals surface area contributed by atoms with Crippen molar-refractivity contribution in [2.24, 2.45) is 11.8 Å². The third-order valence-electron chi connectivity index (χ3n) is 5.05. The maximum Gasteiger partial charge on any atom is 0.303 e. The molecule has 4 heteroatoms. The van der Waals surface area contributed by atoms with Gasteiger partial charge in [-0.15, -0.1) is 6.58 Å². The molecule has 3 atom stereocenters. The van der Waals surface area contributed by atoms with Gasteiger partial charge in [-0.1, -0.05) is 62.6 Å². The summed E-state index contributed by atoms with van der Waals surface area (Å²) in [4.78, 5) is 22.6. The molecule has 1 aliphatic rings. The summed E-state index contributed by atoms with van der Waals surface area (Å²) in [7, 11) is 0. The van der Waals surface area contributed by atoms with Gasteiger partial charge in [0, 0.05) is 18.3 Å². The maximum absolute atomic E-state index is 12.1. The van der Waals surface area contributed by atoms with Crippen LogP contribution in [-0.2, 0) is 9.59 Å². The van der Waals surface area contributed by atoms with E-state index >= 15 is 0 Å². The van der Waals surface area contributed by atoms with Crippen molar-refractivity contribution in [2.45, 2.75) is 70.3 Å². The van der Waals surface area contributed by atoms with Gasteiger partial charge >= 0.3 is 5.97 Å². The van der Waals surface area contributed by atoms with Gasteiger partial charge in [0.15, 0.2) is 5.78 Å². The number of carbonyl (C=O) groups is 2. The molecule has 150 valence electrons. The van der Waals surface area contributed by atoms with Crippen LogP contribution in [0.3, 0.4) is 0 Å². The third kappa shape index (κ3) is 9.00. The van der Waals surface area contributed by atoms with Gasteiger partial charge in [-0.2, -0.15) is 0 Å². The zero-order valence-corrected chi connectivity index (χ0v) is 16.5. The van der Waals surface area contributed by atoms with Crippen molar-refractivity contribution >= 4 is 11.8 Å². The first-order valence-corrected chi connectivity index (χ1v) is 10.0. The quantitative estimate of drug-likeness (QED) is 0.331. The summed E-state index contributed by atoms with van der Waals surface area (Å²) in [5.74, 6) is -0.709. The lowest BCUT2D eigenvalue weighted by atomic mass is 9.88. The van der Waals surface area contributed by atoms with E-state index in [4.69, 9.17) is 5.11 Å². The Morgan fingerprint density at radius 1 is 1.26 bits per heavy atom. The van der Waals surface area contributed by atoms with E-state index in [2.05, 4.69) is 13.5 Å². The molecule has 0 amide bonds. The first-order valence-electron chi connectivity index (χ1n) is 10.0. The number of carbonyl (C=O) groups excluding carboxylic acids is 1. The summed E-state index contributed by atoms with van der Waals surface area (Å²) in [5, 5.41) is 19.2. The SMILES string of the molecule is C=CC(O)(CC=C[C@H]1C=CC(=O)[C@@H]1C/C=C\CCCC(=O)O)CCCCC. The predicted octanol–water partition coefficient (Wildman–Crippen LogP) is 5.00. The average Bonchev–Trinajstić information content (AvgIpc) is 2.98. The van der Waals surface area contributed by atoms with Crippen molar-refractivity contribution in [1.82, 2.24) is 0 Å². The van der Waals surface area contributed by atoms with Crippen LogP contribution in [0.15, 0.2) is 49.1 Å². The molecule has 0 aromatic heterocycles. The maximum atomic E-state index is 12.1. The number of allylic oxidation sites excluding steroid dienone is 5. The van der Waals surface area contributed by atoms with E-state index in [1.807, 2.05) is 30.4 Å². The molecule has 0 saturated heterocycles.